The number of benzene rings is 1. The Kier molecular flexibility index (Phi) is 7.39. The van der Waals surface area contributed by atoms with Gasteiger partial charge in [-0.25, -0.2) is 0 Å². The van der Waals surface area contributed by atoms with Gasteiger partial charge in [0.2, 0.25) is 0 Å². The van der Waals surface area contributed by atoms with Crippen LogP contribution in [-0.4, -0.2) is 31.1 Å². The van der Waals surface area contributed by atoms with Gasteiger partial charge >= 0.3 is 5.97 Å². The van der Waals surface area contributed by atoms with E-state index < -0.39 is 0 Å². The van der Waals surface area contributed by atoms with E-state index >= 15 is 0 Å². The zero-order valence-electron chi connectivity index (χ0n) is 13.1. The van der Waals surface area contributed by atoms with Crippen LogP contribution in [0.5, 0.6) is 5.75 Å². The highest BCUT2D eigenvalue weighted by molar-refractivity contribution is 9.10. The molecule has 1 aromatic carbocycles. The van der Waals surface area contributed by atoms with Gasteiger partial charge in [-0.3, -0.25) is 9.59 Å². The van der Waals surface area contributed by atoms with Crippen LogP contribution in [0.3, 0.4) is 0 Å². The molecule has 0 bridgehead atoms. The van der Waals surface area contributed by atoms with E-state index in [1.165, 1.54) is 0 Å². The van der Waals surface area contributed by atoms with Crippen molar-refractivity contribution in [3.05, 3.63) is 28.7 Å². The maximum atomic E-state index is 11.6. The van der Waals surface area contributed by atoms with E-state index in [0.29, 0.717) is 13.0 Å². The molecule has 1 fully saturated rings. The number of carbonyl (C=O) groups excluding carboxylic acids is 2. The van der Waals surface area contributed by atoms with Crippen molar-refractivity contribution in [2.45, 2.75) is 44.6 Å². The van der Waals surface area contributed by atoms with Gasteiger partial charge in [-0.1, -0.05) is 34.8 Å². The first-order chi connectivity index (χ1) is 11.1. The zero-order chi connectivity index (χ0) is 16.5. The molecular formula is C17H22BrNO4. The zero-order valence-corrected chi connectivity index (χ0v) is 14.6. The number of esters is 1. The van der Waals surface area contributed by atoms with Gasteiger partial charge in [0.05, 0.1) is 6.61 Å². The van der Waals surface area contributed by atoms with Crippen LogP contribution >= 0.6 is 15.9 Å². The SMILES string of the molecule is O=C(COC(=O)CCCOc1cccc(Br)c1)NC1CCCC1. The predicted octanol–water partition coefficient (Wildman–Crippen LogP) is 3.21. The largest absolute Gasteiger partial charge is 0.494 e. The highest BCUT2D eigenvalue weighted by Gasteiger charge is 2.17. The van der Waals surface area contributed by atoms with Crippen molar-refractivity contribution in [3.63, 3.8) is 0 Å². The Balaban J connectivity index is 1.53. The molecule has 1 aliphatic carbocycles. The van der Waals surface area contributed by atoms with E-state index in [1.807, 2.05) is 24.3 Å². The molecule has 126 valence electrons. The first kappa shape index (κ1) is 17.8. The van der Waals surface area contributed by atoms with Gasteiger partial charge in [0.25, 0.3) is 5.91 Å². The van der Waals surface area contributed by atoms with Crippen LogP contribution in [-0.2, 0) is 14.3 Å². The molecule has 0 atom stereocenters. The fourth-order valence-electron chi connectivity index (χ4n) is 2.52. The Hall–Kier alpha value is -1.56. The highest BCUT2D eigenvalue weighted by Crippen LogP contribution is 2.18. The molecule has 23 heavy (non-hydrogen) atoms. The molecule has 1 aliphatic rings. The number of amides is 1. The first-order valence-electron chi connectivity index (χ1n) is 7.97. The number of hydrogen-bond acceptors (Lipinski definition) is 4. The summed E-state index contributed by atoms with van der Waals surface area (Å²) in [6, 6.07) is 7.78. The molecule has 0 heterocycles. The minimum atomic E-state index is -0.371. The van der Waals surface area contributed by atoms with E-state index in [2.05, 4.69) is 21.2 Å². The monoisotopic (exact) mass is 383 g/mol. The predicted molar refractivity (Wildman–Crippen MR) is 90.2 cm³/mol. The lowest BCUT2D eigenvalue weighted by Gasteiger charge is -2.12. The van der Waals surface area contributed by atoms with E-state index in [0.717, 1.165) is 35.9 Å². The van der Waals surface area contributed by atoms with Crippen LogP contribution in [0, 0.1) is 0 Å². The maximum Gasteiger partial charge on any atom is 0.306 e. The van der Waals surface area contributed by atoms with Crippen LogP contribution in [0.2, 0.25) is 0 Å². The average Bonchev–Trinajstić information content (AvgIpc) is 3.02. The molecule has 1 aromatic rings. The van der Waals surface area contributed by atoms with Gasteiger partial charge < -0.3 is 14.8 Å². The Bertz CT molecular complexity index is 529. The van der Waals surface area contributed by atoms with Crippen molar-refractivity contribution < 1.29 is 19.1 Å². The van der Waals surface area contributed by atoms with E-state index in [-0.39, 0.29) is 30.9 Å². The van der Waals surface area contributed by atoms with Crippen LogP contribution in [0.1, 0.15) is 38.5 Å². The molecule has 0 aliphatic heterocycles. The summed E-state index contributed by atoms with van der Waals surface area (Å²) in [5.41, 5.74) is 0. The summed E-state index contributed by atoms with van der Waals surface area (Å²) >= 11 is 3.37. The lowest BCUT2D eigenvalue weighted by atomic mass is 10.2. The average molecular weight is 384 g/mol. The van der Waals surface area contributed by atoms with E-state index in [9.17, 15) is 9.59 Å². The number of ether oxygens (including phenoxy) is 2. The van der Waals surface area contributed by atoms with Gasteiger partial charge in [-0.15, -0.1) is 0 Å². The Morgan fingerprint density at radius 3 is 2.78 bits per heavy atom. The van der Waals surface area contributed by atoms with Crippen LogP contribution in [0.4, 0.5) is 0 Å². The van der Waals surface area contributed by atoms with Gasteiger partial charge in [0.15, 0.2) is 6.61 Å². The first-order valence-corrected chi connectivity index (χ1v) is 8.76. The van der Waals surface area contributed by atoms with Crippen LogP contribution in [0.25, 0.3) is 0 Å². The Labute approximate surface area is 144 Å². The summed E-state index contributed by atoms with van der Waals surface area (Å²) in [6.45, 7) is 0.238. The summed E-state index contributed by atoms with van der Waals surface area (Å²) in [5.74, 6) is 0.170. The minimum Gasteiger partial charge on any atom is -0.494 e. The number of hydrogen-bond donors (Lipinski definition) is 1. The second-order valence-corrected chi connectivity index (χ2v) is 6.53. The molecule has 2 rings (SSSR count). The Morgan fingerprint density at radius 1 is 1.26 bits per heavy atom. The molecule has 0 unspecified atom stereocenters. The molecule has 5 nitrogen and oxygen atoms in total. The molecule has 0 radical (unpaired) electrons. The summed E-state index contributed by atoms with van der Waals surface area (Å²) in [6.07, 6.45) is 5.14. The van der Waals surface area contributed by atoms with Crippen molar-refractivity contribution in [1.29, 1.82) is 0 Å². The fraction of sp³-hybridized carbons (Fsp3) is 0.529. The molecule has 6 heteroatoms. The molecule has 0 aromatic heterocycles. The fourth-order valence-corrected chi connectivity index (χ4v) is 2.90. The van der Waals surface area contributed by atoms with Gasteiger partial charge in [0.1, 0.15) is 5.75 Å². The quantitative estimate of drug-likeness (QED) is 0.552. The lowest BCUT2D eigenvalue weighted by Crippen LogP contribution is -2.35. The van der Waals surface area contributed by atoms with Crippen molar-refractivity contribution >= 4 is 27.8 Å². The molecule has 0 spiro atoms. The molecule has 1 N–H and O–H groups in total. The molecule has 0 saturated heterocycles. The third kappa shape index (κ3) is 7.03. The topological polar surface area (TPSA) is 64.6 Å². The lowest BCUT2D eigenvalue weighted by molar-refractivity contribution is -0.148. The van der Waals surface area contributed by atoms with Crippen molar-refractivity contribution in [3.8, 4) is 5.75 Å². The van der Waals surface area contributed by atoms with Crippen molar-refractivity contribution in [2.75, 3.05) is 13.2 Å². The van der Waals surface area contributed by atoms with Crippen LogP contribution < -0.4 is 10.1 Å². The van der Waals surface area contributed by atoms with Gasteiger partial charge in [0, 0.05) is 16.9 Å². The number of nitrogens with one attached hydrogen (secondary N) is 1. The molecule has 1 amide bonds. The second-order valence-electron chi connectivity index (χ2n) is 5.62. The summed E-state index contributed by atoms with van der Waals surface area (Å²) in [4.78, 5) is 23.2. The number of carbonyl (C=O) groups is 2. The maximum absolute atomic E-state index is 11.6. The van der Waals surface area contributed by atoms with E-state index in [4.69, 9.17) is 9.47 Å². The minimum absolute atomic E-state index is 0.193. The van der Waals surface area contributed by atoms with Crippen LogP contribution in [0.15, 0.2) is 28.7 Å². The molecule has 1 saturated carbocycles. The normalized spacial score (nSPS) is 14.5. The van der Waals surface area contributed by atoms with Gasteiger partial charge in [-0.2, -0.15) is 0 Å². The molecular weight excluding hydrogens is 362 g/mol. The number of rotatable bonds is 8. The standard InChI is InChI=1S/C17H22BrNO4/c18-13-5-3-8-15(11-13)22-10-4-9-17(21)23-12-16(20)19-14-6-1-2-7-14/h3,5,8,11,14H,1-2,4,6-7,9-10,12H2,(H,19,20). The third-order valence-corrected chi connectivity index (χ3v) is 4.17. The van der Waals surface area contributed by atoms with Crippen molar-refractivity contribution in [2.24, 2.45) is 0 Å². The number of halogens is 1. The summed E-state index contributed by atoms with van der Waals surface area (Å²) < 4.78 is 11.5. The Morgan fingerprint density at radius 2 is 2.04 bits per heavy atom. The van der Waals surface area contributed by atoms with E-state index in [1.54, 1.807) is 0 Å². The van der Waals surface area contributed by atoms with Crippen molar-refractivity contribution in [1.82, 2.24) is 5.32 Å². The summed E-state index contributed by atoms with van der Waals surface area (Å²) in [5, 5.41) is 2.88. The highest BCUT2D eigenvalue weighted by atomic mass is 79.9. The second kappa shape index (κ2) is 9.55. The smallest absolute Gasteiger partial charge is 0.306 e. The third-order valence-electron chi connectivity index (χ3n) is 3.67. The summed E-state index contributed by atoms with van der Waals surface area (Å²) in [7, 11) is 0. The van der Waals surface area contributed by atoms with Gasteiger partial charge in [-0.05, 0) is 37.5 Å².